The van der Waals surface area contributed by atoms with Gasteiger partial charge in [0.05, 0.1) is 4.90 Å². The van der Waals surface area contributed by atoms with Gasteiger partial charge in [-0.1, -0.05) is 28.3 Å². The SMILES string of the molecule is Cc1cc(NS(=O)(=O)c2ccc(NC(=O)CCSc3nnc(N)s3)cc2)no1. The fraction of sp³-hybridized carbons (Fsp3) is 0.200. The highest BCUT2D eigenvalue weighted by Gasteiger charge is 2.16. The van der Waals surface area contributed by atoms with Gasteiger partial charge in [0.15, 0.2) is 10.2 Å². The molecule has 0 bridgehead atoms. The van der Waals surface area contributed by atoms with Gasteiger partial charge in [-0.25, -0.2) is 8.42 Å². The summed E-state index contributed by atoms with van der Waals surface area (Å²) in [6, 6.07) is 7.28. The molecule has 0 saturated heterocycles. The van der Waals surface area contributed by atoms with E-state index in [1.165, 1.54) is 53.4 Å². The fourth-order valence-electron chi connectivity index (χ4n) is 2.06. The number of hydrogen-bond acceptors (Lipinski definition) is 10. The molecule has 0 aliphatic rings. The van der Waals surface area contributed by atoms with E-state index in [0.29, 0.717) is 26.7 Å². The summed E-state index contributed by atoms with van der Waals surface area (Å²) in [6.45, 7) is 1.66. The van der Waals surface area contributed by atoms with Crippen LogP contribution in [0.1, 0.15) is 12.2 Å². The average molecular weight is 441 g/mol. The van der Waals surface area contributed by atoms with Gasteiger partial charge in [-0.15, -0.1) is 10.2 Å². The number of amides is 1. The Morgan fingerprint density at radius 3 is 2.64 bits per heavy atom. The summed E-state index contributed by atoms with van der Waals surface area (Å²) in [5.41, 5.74) is 5.99. The number of nitrogens with two attached hydrogens (primary N) is 1. The average Bonchev–Trinajstić information content (AvgIpc) is 3.23. The second-order valence-electron chi connectivity index (χ2n) is 5.51. The summed E-state index contributed by atoms with van der Waals surface area (Å²) in [4.78, 5) is 12.0. The normalized spacial score (nSPS) is 11.3. The van der Waals surface area contributed by atoms with Crippen molar-refractivity contribution in [1.82, 2.24) is 15.4 Å². The molecular weight excluding hydrogens is 424 g/mol. The quantitative estimate of drug-likeness (QED) is 0.448. The Kier molecular flexibility index (Phi) is 6.16. The lowest BCUT2D eigenvalue weighted by Crippen LogP contribution is -2.14. The van der Waals surface area contributed by atoms with Crippen LogP contribution in [0.25, 0.3) is 0 Å². The van der Waals surface area contributed by atoms with Gasteiger partial charge in [-0.05, 0) is 31.2 Å². The molecule has 4 N–H and O–H groups in total. The Morgan fingerprint density at radius 1 is 1.29 bits per heavy atom. The zero-order valence-corrected chi connectivity index (χ0v) is 17.0. The predicted octanol–water partition coefficient (Wildman–Crippen LogP) is 2.34. The third kappa shape index (κ3) is 5.43. The summed E-state index contributed by atoms with van der Waals surface area (Å²) in [5, 5.41) is 14.3. The molecule has 1 amide bonds. The van der Waals surface area contributed by atoms with E-state index in [4.69, 9.17) is 10.3 Å². The lowest BCUT2D eigenvalue weighted by molar-refractivity contribution is -0.115. The van der Waals surface area contributed by atoms with E-state index in [0.717, 1.165) is 0 Å². The Morgan fingerprint density at radius 2 is 2.04 bits per heavy atom. The molecule has 0 aliphatic carbocycles. The first-order valence-corrected chi connectivity index (χ1v) is 11.2. The molecule has 0 aliphatic heterocycles. The molecule has 0 atom stereocenters. The van der Waals surface area contributed by atoms with Crippen molar-refractivity contribution < 1.29 is 17.7 Å². The van der Waals surface area contributed by atoms with Crippen LogP contribution in [0.15, 0.2) is 44.1 Å². The van der Waals surface area contributed by atoms with E-state index >= 15 is 0 Å². The van der Waals surface area contributed by atoms with E-state index in [9.17, 15) is 13.2 Å². The molecule has 2 aromatic heterocycles. The molecule has 0 unspecified atom stereocenters. The van der Waals surface area contributed by atoms with Crippen molar-refractivity contribution in [3.05, 3.63) is 36.1 Å². The number of thioether (sulfide) groups is 1. The van der Waals surface area contributed by atoms with Gasteiger partial charge < -0.3 is 15.6 Å². The summed E-state index contributed by atoms with van der Waals surface area (Å²) in [5.74, 6) is 0.915. The molecule has 10 nitrogen and oxygen atoms in total. The number of nitrogens with one attached hydrogen (secondary N) is 2. The van der Waals surface area contributed by atoms with Crippen molar-refractivity contribution in [2.24, 2.45) is 0 Å². The number of nitrogen functional groups attached to an aromatic ring is 1. The topological polar surface area (TPSA) is 153 Å². The number of anilines is 3. The molecule has 0 saturated carbocycles. The van der Waals surface area contributed by atoms with Crippen LogP contribution in [0.2, 0.25) is 0 Å². The molecular formula is C15H16N6O4S3. The van der Waals surface area contributed by atoms with E-state index in [2.05, 4.69) is 25.4 Å². The highest BCUT2D eigenvalue weighted by molar-refractivity contribution is 8.01. The van der Waals surface area contributed by atoms with E-state index in [1.54, 1.807) is 6.92 Å². The number of aromatic nitrogens is 3. The minimum atomic E-state index is -3.80. The number of hydrogen-bond donors (Lipinski definition) is 3. The number of carbonyl (C=O) groups excluding carboxylic acids is 1. The number of carbonyl (C=O) groups is 1. The summed E-state index contributed by atoms with van der Waals surface area (Å²) >= 11 is 2.65. The maximum Gasteiger partial charge on any atom is 0.263 e. The van der Waals surface area contributed by atoms with E-state index < -0.39 is 10.0 Å². The Bertz CT molecular complexity index is 1060. The number of rotatable bonds is 8. The van der Waals surface area contributed by atoms with Crippen LogP contribution >= 0.6 is 23.1 Å². The van der Waals surface area contributed by atoms with Crippen molar-refractivity contribution in [3.8, 4) is 0 Å². The van der Waals surface area contributed by atoms with Gasteiger partial charge in [0.25, 0.3) is 10.0 Å². The number of nitrogens with zero attached hydrogens (tertiary/aromatic N) is 3. The van der Waals surface area contributed by atoms with E-state index in [-0.39, 0.29) is 23.0 Å². The highest BCUT2D eigenvalue weighted by atomic mass is 32.2. The van der Waals surface area contributed by atoms with Gasteiger partial charge in [0.2, 0.25) is 11.0 Å². The maximum atomic E-state index is 12.3. The van der Waals surface area contributed by atoms with E-state index in [1.807, 2.05) is 0 Å². The molecule has 0 radical (unpaired) electrons. The van der Waals surface area contributed by atoms with Gasteiger partial charge in [0.1, 0.15) is 5.76 Å². The molecule has 148 valence electrons. The van der Waals surface area contributed by atoms with Gasteiger partial charge in [0, 0.05) is 23.9 Å². The first-order valence-electron chi connectivity index (χ1n) is 7.90. The predicted molar refractivity (Wildman–Crippen MR) is 107 cm³/mol. The fourth-order valence-corrected chi connectivity index (χ4v) is 4.69. The summed E-state index contributed by atoms with van der Waals surface area (Å²) < 4.78 is 32.5. The van der Waals surface area contributed by atoms with Crippen molar-refractivity contribution in [2.75, 3.05) is 21.5 Å². The summed E-state index contributed by atoms with van der Waals surface area (Å²) in [6.07, 6.45) is 0.261. The number of sulfonamides is 1. The molecule has 0 spiro atoms. The van der Waals surface area contributed by atoms with Crippen LogP contribution in [0.5, 0.6) is 0 Å². The molecule has 1 aromatic carbocycles. The number of aryl methyl sites for hydroxylation is 1. The molecule has 3 aromatic rings. The van der Waals surface area contributed by atoms with Crippen LogP contribution in [-0.2, 0) is 14.8 Å². The van der Waals surface area contributed by atoms with Crippen molar-refractivity contribution in [3.63, 3.8) is 0 Å². The summed E-state index contributed by atoms with van der Waals surface area (Å²) in [7, 11) is -3.80. The van der Waals surface area contributed by atoms with Crippen LogP contribution in [-0.4, -0.2) is 35.4 Å². The minimum Gasteiger partial charge on any atom is -0.374 e. The highest BCUT2D eigenvalue weighted by Crippen LogP contribution is 2.24. The molecule has 0 fully saturated rings. The molecule has 13 heteroatoms. The molecule has 2 heterocycles. The van der Waals surface area contributed by atoms with Crippen LogP contribution < -0.4 is 15.8 Å². The first-order chi connectivity index (χ1) is 13.3. The monoisotopic (exact) mass is 440 g/mol. The minimum absolute atomic E-state index is 0.0376. The second kappa shape index (κ2) is 8.58. The zero-order chi connectivity index (χ0) is 20.1. The zero-order valence-electron chi connectivity index (χ0n) is 14.6. The second-order valence-corrected chi connectivity index (χ2v) is 9.54. The van der Waals surface area contributed by atoms with Crippen LogP contribution in [0, 0.1) is 6.92 Å². The third-order valence-electron chi connectivity index (χ3n) is 3.29. The lowest BCUT2D eigenvalue weighted by atomic mass is 10.3. The van der Waals surface area contributed by atoms with Crippen LogP contribution in [0.4, 0.5) is 16.6 Å². The number of benzene rings is 1. The van der Waals surface area contributed by atoms with Gasteiger partial charge >= 0.3 is 0 Å². The first kappa shape index (κ1) is 20.1. The largest absolute Gasteiger partial charge is 0.374 e. The molecule has 28 heavy (non-hydrogen) atoms. The lowest BCUT2D eigenvalue weighted by Gasteiger charge is -2.07. The standard InChI is InChI=1S/C15H16N6O4S3/c1-9-8-12(20-25-9)21-28(23,24)11-4-2-10(3-5-11)17-13(22)6-7-26-15-19-18-14(16)27-15/h2-5,8H,6-7H2,1H3,(H2,16,18)(H,17,22)(H,20,21). The van der Waals surface area contributed by atoms with Gasteiger partial charge in [-0.3, -0.25) is 9.52 Å². The third-order valence-corrected chi connectivity index (χ3v) is 6.55. The van der Waals surface area contributed by atoms with Crippen molar-refractivity contribution in [2.45, 2.75) is 22.6 Å². The Hall–Kier alpha value is -2.64. The van der Waals surface area contributed by atoms with Crippen molar-refractivity contribution >= 4 is 55.7 Å². The van der Waals surface area contributed by atoms with Crippen molar-refractivity contribution in [1.29, 1.82) is 0 Å². The Labute approximate surface area is 169 Å². The Balaban J connectivity index is 1.52. The maximum absolute atomic E-state index is 12.3. The molecule has 3 rings (SSSR count). The van der Waals surface area contributed by atoms with Gasteiger partial charge in [-0.2, -0.15) is 0 Å². The smallest absolute Gasteiger partial charge is 0.263 e. The van der Waals surface area contributed by atoms with Crippen LogP contribution in [0.3, 0.4) is 0 Å².